The molecule has 4 rings (SSSR count). The van der Waals surface area contributed by atoms with Gasteiger partial charge >= 0.3 is 137 Å². The zero-order chi connectivity index (χ0) is 14.2. The molecule has 3 heteroatoms. The van der Waals surface area contributed by atoms with Gasteiger partial charge in [0.15, 0.2) is 0 Å². The van der Waals surface area contributed by atoms with Crippen LogP contribution in [0, 0.1) is 11.8 Å². The van der Waals surface area contributed by atoms with Gasteiger partial charge in [0, 0.05) is 0 Å². The second-order valence-electron chi connectivity index (χ2n) is 7.10. The maximum Gasteiger partial charge on any atom is -1.00 e. The van der Waals surface area contributed by atoms with Crippen molar-refractivity contribution in [3.05, 3.63) is 47.6 Å². The summed E-state index contributed by atoms with van der Waals surface area (Å²) in [6, 6.07) is 0. The molecule has 124 valence electrons. The van der Waals surface area contributed by atoms with Crippen molar-refractivity contribution in [3.8, 4) is 0 Å². The molecule has 2 saturated carbocycles. The third-order valence-electron chi connectivity index (χ3n) is 6.18. The van der Waals surface area contributed by atoms with E-state index in [4.69, 9.17) is 0 Å². The van der Waals surface area contributed by atoms with Crippen LogP contribution in [0.5, 0.6) is 0 Å². The van der Waals surface area contributed by atoms with Crippen molar-refractivity contribution in [1.82, 2.24) is 0 Å². The van der Waals surface area contributed by atoms with Gasteiger partial charge in [-0.25, -0.2) is 0 Å². The summed E-state index contributed by atoms with van der Waals surface area (Å²) in [7, 11) is 0. The van der Waals surface area contributed by atoms with Crippen molar-refractivity contribution in [2.75, 3.05) is 0 Å². The molecule has 0 nitrogen and oxygen atoms in total. The molecule has 4 aliphatic carbocycles. The van der Waals surface area contributed by atoms with Gasteiger partial charge in [-0.05, 0) is 0 Å². The van der Waals surface area contributed by atoms with Gasteiger partial charge in [-0.1, -0.05) is 0 Å². The molecule has 4 unspecified atom stereocenters. The molecule has 0 amide bonds. The van der Waals surface area contributed by atoms with Crippen molar-refractivity contribution in [3.63, 3.8) is 0 Å². The summed E-state index contributed by atoms with van der Waals surface area (Å²) >= 11 is -1.50. The molecule has 4 aliphatic rings. The van der Waals surface area contributed by atoms with Crippen LogP contribution in [-0.2, 0) is 21.3 Å². The fourth-order valence-corrected chi connectivity index (χ4v) is 14.3. The fourth-order valence-electron chi connectivity index (χ4n) is 5.19. The van der Waals surface area contributed by atoms with Crippen LogP contribution in [-0.4, -0.2) is 3.71 Å². The van der Waals surface area contributed by atoms with E-state index in [1.165, 1.54) is 38.5 Å². The van der Waals surface area contributed by atoms with Crippen LogP contribution in [0.3, 0.4) is 0 Å². The molecule has 2 fully saturated rings. The van der Waals surface area contributed by atoms with Crippen LogP contribution < -0.4 is 24.8 Å². The summed E-state index contributed by atoms with van der Waals surface area (Å²) in [6.07, 6.45) is 23.0. The first-order chi connectivity index (χ1) is 10.4. The fraction of sp³-hybridized carbons (Fsp3) is 0.550. The maximum atomic E-state index is 2.74. The molecule has 4 atom stereocenters. The number of rotatable bonds is 2. The van der Waals surface area contributed by atoms with E-state index in [2.05, 4.69) is 47.1 Å². The Morgan fingerprint density at radius 3 is 1.74 bits per heavy atom. The Morgan fingerprint density at radius 2 is 1.30 bits per heavy atom. The quantitative estimate of drug-likeness (QED) is 0.562. The van der Waals surface area contributed by atoms with Gasteiger partial charge in [0.25, 0.3) is 0 Å². The molecule has 0 aliphatic heterocycles. The van der Waals surface area contributed by atoms with Crippen molar-refractivity contribution >= 4 is 3.71 Å². The molecule has 0 N–H and O–H groups in total. The van der Waals surface area contributed by atoms with E-state index >= 15 is 0 Å². The Kier molecular flexibility index (Phi) is 7.33. The average Bonchev–Trinajstić information content (AvgIpc) is 3.14. The summed E-state index contributed by atoms with van der Waals surface area (Å²) < 4.78 is 4.77. The van der Waals surface area contributed by atoms with Crippen LogP contribution in [0.4, 0.5) is 0 Å². The van der Waals surface area contributed by atoms with E-state index in [1.54, 1.807) is 0 Å². The van der Waals surface area contributed by atoms with Crippen LogP contribution >= 0.6 is 0 Å². The van der Waals surface area contributed by atoms with E-state index in [0.29, 0.717) is 0 Å². The third-order valence-corrected chi connectivity index (χ3v) is 14.8. The van der Waals surface area contributed by atoms with E-state index in [9.17, 15) is 0 Å². The predicted molar refractivity (Wildman–Crippen MR) is 88.4 cm³/mol. The Bertz CT molecular complexity index is 534. The van der Waals surface area contributed by atoms with Gasteiger partial charge in [0.1, 0.15) is 0 Å². The molecule has 0 saturated heterocycles. The van der Waals surface area contributed by atoms with Gasteiger partial charge in [-0.2, -0.15) is 0 Å². The molecular formula is C20H26Cl2Zr. The number of halogens is 2. The maximum absolute atomic E-state index is 2.74. The Labute approximate surface area is 161 Å². The molecule has 0 bridgehead atoms. The summed E-state index contributed by atoms with van der Waals surface area (Å²) in [6.45, 7) is 2.40. The molecule has 0 radical (unpaired) electrons. The SMILES string of the molecule is C[CH]=[Zr+2]([CH]1CCC2CC=CC=C21)[CH]1CCC2CC=CC=C21.[Cl-].[Cl-]. The summed E-state index contributed by atoms with van der Waals surface area (Å²) in [5.41, 5.74) is 3.72. The van der Waals surface area contributed by atoms with E-state index in [-0.39, 0.29) is 24.8 Å². The standard InChI is InChI=1S/2C9H11.C2H4.2ClH.Zr/c2*1-2-5-9-7-3-6-8(9)4-1;1-2;;;/h2*1-2,4,6,9H,3,5,7H2;1H,2H3;2*1H;/q;;;;;+2/p-2. The van der Waals surface area contributed by atoms with Crippen LogP contribution in [0.2, 0.25) is 7.25 Å². The molecule has 0 spiro atoms. The topological polar surface area (TPSA) is 0 Å². The van der Waals surface area contributed by atoms with E-state index < -0.39 is 21.3 Å². The average molecular weight is 429 g/mol. The van der Waals surface area contributed by atoms with Crippen molar-refractivity contribution < 1.29 is 46.1 Å². The van der Waals surface area contributed by atoms with Gasteiger partial charge in [-0.3, -0.25) is 0 Å². The molecule has 23 heavy (non-hydrogen) atoms. The van der Waals surface area contributed by atoms with Crippen molar-refractivity contribution in [2.24, 2.45) is 11.8 Å². The van der Waals surface area contributed by atoms with Crippen molar-refractivity contribution in [2.45, 2.75) is 52.7 Å². The molecular weight excluding hydrogens is 402 g/mol. The van der Waals surface area contributed by atoms with E-state index in [1.807, 2.05) is 11.1 Å². The first kappa shape index (κ1) is 19.6. The number of hydrogen-bond acceptors (Lipinski definition) is 0. The summed E-state index contributed by atoms with van der Waals surface area (Å²) in [5, 5.41) is 0. The minimum Gasteiger partial charge on any atom is -1.00 e. The molecule has 0 heterocycles. The Hall–Kier alpha value is 0.293. The second kappa shape index (κ2) is 8.59. The molecule has 0 aromatic carbocycles. The minimum absolute atomic E-state index is 0. The zero-order valence-corrected chi connectivity index (χ0v) is 17.8. The summed E-state index contributed by atoms with van der Waals surface area (Å²) in [4.78, 5) is 0. The number of fused-ring (bicyclic) bond motifs is 2. The first-order valence-electron chi connectivity index (χ1n) is 8.77. The third kappa shape index (κ3) is 3.63. The summed E-state index contributed by atoms with van der Waals surface area (Å²) in [5.74, 6) is 1.82. The second-order valence-corrected chi connectivity index (χ2v) is 14.4. The minimum atomic E-state index is -1.50. The van der Waals surface area contributed by atoms with Gasteiger partial charge in [0.05, 0.1) is 0 Å². The van der Waals surface area contributed by atoms with Gasteiger partial charge < -0.3 is 24.8 Å². The number of hydrogen-bond donors (Lipinski definition) is 0. The van der Waals surface area contributed by atoms with Crippen molar-refractivity contribution in [1.29, 1.82) is 0 Å². The Morgan fingerprint density at radius 1 is 0.826 bits per heavy atom. The smallest absolute Gasteiger partial charge is 1.00 e. The van der Waals surface area contributed by atoms with Crippen LogP contribution in [0.25, 0.3) is 0 Å². The van der Waals surface area contributed by atoms with Gasteiger partial charge in [-0.15, -0.1) is 0 Å². The zero-order valence-electron chi connectivity index (χ0n) is 13.8. The number of allylic oxidation sites excluding steroid dienone is 8. The monoisotopic (exact) mass is 426 g/mol. The van der Waals surface area contributed by atoms with E-state index in [0.717, 1.165) is 19.1 Å². The van der Waals surface area contributed by atoms with Crippen LogP contribution in [0.1, 0.15) is 45.4 Å². The molecule has 0 aromatic rings. The van der Waals surface area contributed by atoms with Gasteiger partial charge in [0.2, 0.25) is 0 Å². The Balaban J connectivity index is 0.000000960. The normalized spacial score (nSPS) is 33.2. The van der Waals surface area contributed by atoms with Crippen LogP contribution in [0.15, 0.2) is 47.6 Å². The first-order valence-corrected chi connectivity index (χ1v) is 13.0. The predicted octanol–water partition coefficient (Wildman–Crippen LogP) is -0.396. The molecule has 0 aromatic heterocycles. The largest absolute Gasteiger partial charge is 1.00 e.